The van der Waals surface area contributed by atoms with Gasteiger partial charge in [-0.15, -0.1) is 0 Å². The van der Waals surface area contributed by atoms with E-state index in [4.69, 9.17) is 15.0 Å². The minimum absolute atomic E-state index is 0.559. The van der Waals surface area contributed by atoms with E-state index in [0.717, 1.165) is 27.8 Å². The van der Waals surface area contributed by atoms with Gasteiger partial charge in [0.2, 0.25) is 0 Å². The average molecular weight is 774 g/mol. The van der Waals surface area contributed by atoms with Crippen molar-refractivity contribution in [1.29, 1.82) is 0 Å². The maximum absolute atomic E-state index is 5.37. The Bertz CT molecular complexity index is 3590. The fourth-order valence-corrected chi connectivity index (χ4v) is 10.6. The Morgan fingerprint density at radius 3 is 1.41 bits per heavy atom. The van der Waals surface area contributed by atoms with Crippen LogP contribution in [0.5, 0.6) is 0 Å². The van der Waals surface area contributed by atoms with Crippen molar-refractivity contribution >= 4 is 32.3 Å². The molecule has 0 aliphatic heterocycles. The molecule has 1 heterocycles. The summed E-state index contributed by atoms with van der Waals surface area (Å²) in [5.74, 6) is 1.94. The largest absolute Gasteiger partial charge is 0.208 e. The molecule has 13 rings (SSSR count). The third-order valence-corrected chi connectivity index (χ3v) is 13.1. The Balaban J connectivity index is 1.10. The Hall–Kier alpha value is -8.01. The molecule has 0 saturated carbocycles. The predicted octanol–water partition coefficient (Wildman–Crippen LogP) is 14.3. The van der Waals surface area contributed by atoms with Crippen LogP contribution in [0, 0.1) is 0 Å². The van der Waals surface area contributed by atoms with Crippen LogP contribution in [0.25, 0.3) is 99.9 Å². The normalized spacial score (nSPS) is 14.6. The minimum atomic E-state index is -0.559. The molecule has 61 heavy (non-hydrogen) atoms. The Kier molecular flexibility index (Phi) is 7.22. The third kappa shape index (κ3) is 4.83. The first kappa shape index (κ1) is 33.9. The predicted molar refractivity (Wildman–Crippen MR) is 250 cm³/mol. The van der Waals surface area contributed by atoms with E-state index >= 15 is 0 Å². The maximum Gasteiger partial charge on any atom is 0.164 e. The van der Waals surface area contributed by atoms with E-state index < -0.39 is 5.41 Å². The van der Waals surface area contributed by atoms with E-state index in [1.165, 1.54) is 76.8 Å². The van der Waals surface area contributed by atoms with Gasteiger partial charge in [0.1, 0.15) is 0 Å². The van der Waals surface area contributed by atoms with E-state index in [2.05, 4.69) is 188 Å². The van der Waals surface area contributed by atoms with Crippen LogP contribution in [0.1, 0.15) is 22.3 Å². The van der Waals surface area contributed by atoms with Crippen LogP contribution in [0.15, 0.2) is 212 Å². The van der Waals surface area contributed by atoms with Gasteiger partial charge in [0.25, 0.3) is 0 Å². The molecule has 1 spiro atoms. The number of aromatic nitrogens is 3. The van der Waals surface area contributed by atoms with Crippen molar-refractivity contribution in [2.75, 3.05) is 0 Å². The number of benzene rings is 10. The van der Waals surface area contributed by atoms with E-state index in [1.807, 2.05) is 24.3 Å². The standard InChI is InChI=1S/C58H35N3/c1-3-17-36(18-4-1)38-21-15-22-39(33-38)56-59-55(37-19-5-2-6-20-37)60-57(61-56)46-29-16-32-52-54(46)45-28-12-14-31-51(45)58(52)50-30-13-11-27-44(50)49-34-47-42-25-9-7-23-40(42)41-24-8-10-26-43(41)48(47)35-53(49)58/h1-35H. The second kappa shape index (κ2) is 13.0. The number of rotatable bonds is 4. The van der Waals surface area contributed by atoms with Gasteiger partial charge in [0.05, 0.1) is 5.41 Å². The Labute approximate surface area is 353 Å². The lowest BCUT2D eigenvalue weighted by molar-refractivity contribution is 0.795. The summed E-state index contributed by atoms with van der Waals surface area (Å²) in [6.07, 6.45) is 0. The van der Waals surface area contributed by atoms with E-state index in [-0.39, 0.29) is 0 Å². The van der Waals surface area contributed by atoms with Crippen molar-refractivity contribution in [1.82, 2.24) is 15.0 Å². The van der Waals surface area contributed by atoms with Crippen LogP contribution < -0.4 is 0 Å². The van der Waals surface area contributed by atoms with Crippen molar-refractivity contribution < 1.29 is 0 Å². The topological polar surface area (TPSA) is 38.7 Å². The number of hydrogen-bond acceptors (Lipinski definition) is 3. The highest BCUT2D eigenvalue weighted by Gasteiger charge is 2.52. The SMILES string of the molecule is c1ccc(-c2cccc(-c3nc(-c4ccccc4)nc(-c4cccc5c4-c4ccccc4C54c5ccccc5-c5cc6c7ccccc7c7ccccc7c6cc54)n3)c2)cc1. The molecule has 1 atom stereocenters. The molecule has 2 aliphatic carbocycles. The zero-order chi connectivity index (χ0) is 40.1. The van der Waals surface area contributed by atoms with Crippen molar-refractivity contribution in [2.24, 2.45) is 0 Å². The first-order valence-corrected chi connectivity index (χ1v) is 20.9. The van der Waals surface area contributed by atoms with Crippen LogP contribution in [0.4, 0.5) is 0 Å². The molecule has 0 saturated heterocycles. The molecule has 0 radical (unpaired) electrons. The highest BCUT2D eigenvalue weighted by molar-refractivity contribution is 6.26. The minimum Gasteiger partial charge on any atom is -0.208 e. The lowest BCUT2D eigenvalue weighted by Crippen LogP contribution is -2.25. The van der Waals surface area contributed by atoms with Gasteiger partial charge in [-0.25, -0.2) is 15.0 Å². The third-order valence-electron chi connectivity index (χ3n) is 13.1. The molecular weight excluding hydrogens is 739 g/mol. The van der Waals surface area contributed by atoms with Crippen LogP contribution in [-0.2, 0) is 5.41 Å². The molecule has 3 nitrogen and oxygen atoms in total. The van der Waals surface area contributed by atoms with E-state index in [9.17, 15) is 0 Å². The molecule has 1 unspecified atom stereocenters. The summed E-state index contributed by atoms with van der Waals surface area (Å²) in [4.78, 5) is 15.8. The van der Waals surface area contributed by atoms with Crippen LogP contribution >= 0.6 is 0 Å². The molecule has 0 amide bonds. The van der Waals surface area contributed by atoms with Crippen molar-refractivity contribution in [3.05, 3.63) is 235 Å². The van der Waals surface area contributed by atoms with Gasteiger partial charge in [-0.05, 0) is 106 Å². The number of hydrogen-bond donors (Lipinski definition) is 0. The Morgan fingerprint density at radius 1 is 0.246 bits per heavy atom. The second-order valence-electron chi connectivity index (χ2n) is 16.2. The van der Waals surface area contributed by atoms with Gasteiger partial charge in [-0.2, -0.15) is 0 Å². The van der Waals surface area contributed by atoms with Crippen LogP contribution in [0.3, 0.4) is 0 Å². The van der Waals surface area contributed by atoms with E-state index in [0.29, 0.717) is 17.5 Å². The quantitative estimate of drug-likeness (QED) is 0.167. The van der Waals surface area contributed by atoms with Gasteiger partial charge in [0, 0.05) is 16.7 Å². The summed E-state index contributed by atoms with van der Waals surface area (Å²) >= 11 is 0. The highest BCUT2D eigenvalue weighted by Crippen LogP contribution is 2.64. The number of nitrogens with zero attached hydrogens (tertiary/aromatic N) is 3. The molecule has 2 aliphatic rings. The zero-order valence-corrected chi connectivity index (χ0v) is 33.0. The van der Waals surface area contributed by atoms with Gasteiger partial charge in [-0.3, -0.25) is 0 Å². The zero-order valence-electron chi connectivity index (χ0n) is 33.0. The smallest absolute Gasteiger partial charge is 0.164 e. The molecule has 0 bridgehead atoms. The summed E-state index contributed by atoms with van der Waals surface area (Å²) < 4.78 is 0. The van der Waals surface area contributed by atoms with Crippen molar-refractivity contribution in [3.8, 4) is 67.5 Å². The van der Waals surface area contributed by atoms with Gasteiger partial charge in [0.15, 0.2) is 17.5 Å². The van der Waals surface area contributed by atoms with Crippen molar-refractivity contribution in [3.63, 3.8) is 0 Å². The summed E-state index contributed by atoms with van der Waals surface area (Å²) in [7, 11) is 0. The molecular formula is C58H35N3. The van der Waals surface area contributed by atoms with Crippen LogP contribution in [0.2, 0.25) is 0 Å². The molecule has 1 aromatic heterocycles. The first-order chi connectivity index (χ1) is 30.3. The summed E-state index contributed by atoms with van der Waals surface area (Å²) in [6.45, 7) is 0. The fourth-order valence-electron chi connectivity index (χ4n) is 10.6. The van der Waals surface area contributed by atoms with E-state index in [1.54, 1.807) is 0 Å². The fraction of sp³-hybridized carbons (Fsp3) is 0.0172. The van der Waals surface area contributed by atoms with Gasteiger partial charge < -0.3 is 0 Å². The van der Waals surface area contributed by atoms with Gasteiger partial charge in [-0.1, -0.05) is 194 Å². The highest BCUT2D eigenvalue weighted by atomic mass is 15.0. The molecule has 3 heteroatoms. The first-order valence-electron chi connectivity index (χ1n) is 20.9. The lowest BCUT2D eigenvalue weighted by Gasteiger charge is -2.31. The van der Waals surface area contributed by atoms with Crippen LogP contribution in [-0.4, -0.2) is 15.0 Å². The molecule has 0 fully saturated rings. The summed E-state index contributed by atoms with van der Waals surface area (Å²) in [6, 6.07) is 76.8. The second-order valence-corrected chi connectivity index (χ2v) is 16.2. The molecule has 10 aromatic carbocycles. The summed E-state index contributed by atoms with van der Waals surface area (Å²) in [5.41, 5.74) is 14.6. The Morgan fingerprint density at radius 2 is 0.705 bits per heavy atom. The molecule has 0 N–H and O–H groups in total. The van der Waals surface area contributed by atoms with Gasteiger partial charge >= 0.3 is 0 Å². The average Bonchev–Trinajstić information content (AvgIpc) is 3.81. The molecule has 282 valence electrons. The summed E-state index contributed by atoms with van der Waals surface area (Å²) in [5, 5.41) is 7.66. The monoisotopic (exact) mass is 773 g/mol. The van der Waals surface area contributed by atoms with Crippen molar-refractivity contribution in [2.45, 2.75) is 5.41 Å². The molecule has 11 aromatic rings. The lowest BCUT2D eigenvalue weighted by atomic mass is 9.70. The maximum atomic E-state index is 5.37. The number of fused-ring (bicyclic) bond motifs is 16.